The molecule has 0 unspecified atom stereocenters. The molecule has 0 aromatic carbocycles. The maximum absolute atomic E-state index is 9.10. The number of aromatic nitrogens is 2. The average molecular weight is 369 g/mol. The van der Waals surface area contributed by atoms with Crippen molar-refractivity contribution >= 4 is 29.2 Å². The smallest absolute Gasteiger partial charge is 0.414 e. The first-order chi connectivity index (χ1) is 12.0. The summed E-state index contributed by atoms with van der Waals surface area (Å²) in [4.78, 5) is 20.5. The number of unbranched alkanes of at least 4 members (excludes halogenated alkanes) is 2. The van der Waals surface area contributed by atoms with Crippen molar-refractivity contribution in [1.29, 1.82) is 0 Å². The van der Waals surface area contributed by atoms with E-state index in [4.69, 9.17) is 24.5 Å². The molecule has 0 amide bonds. The van der Waals surface area contributed by atoms with Crippen LogP contribution in [-0.4, -0.2) is 62.5 Å². The number of aliphatic carboxylic acids is 2. The van der Waals surface area contributed by atoms with Crippen LogP contribution >= 0.6 is 11.7 Å². The normalized spacial score (nSPS) is 14.0. The van der Waals surface area contributed by atoms with Crippen molar-refractivity contribution in [3.8, 4) is 5.88 Å². The Morgan fingerprint density at radius 3 is 2.68 bits per heavy atom. The second-order valence-electron chi connectivity index (χ2n) is 5.42. The van der Waals surface area contributed by atoms with Gasteiger partial charge in [-0.1, -0.05) is 12.2 Å². The van der Waals surface area contributed by atoms with Gasteiger partial charge in [0, 0.05) is 13.1 Å². The number of hydrogen-bond acceptors (Lipinski definition) is 7. The van der Waals surface area contributed by atoms with Crippen LogP contribution in [0.1, 0.15) is 31.4 Å². The molecule has 0 aliphatic carbocycles. The largest absolute Gasteiger partial charge is 0.475 e. The van der Waals surface area contributed by atoms with E-state index in [2.05, 4.69) is 33.3 Å². The molecule has 0 spiro atoms. The summed E-state index contributed by atoms with van der Waals surface area (Å²) in [5.74, 6) is -2.95. The maximum Gasteiger partial charge on any atom is 0.414 e. The lowest BCUT2D eigenvalue weighted by atomic mass is 10.1. The van der Waals surface area contributed by atoms with Gasteiger partial charge in [0.25, 0.3) is 5.88 Å². The van der Waals surface area contributed by atoms with Crippen molar-refractivity contribution in [2.45, 2.75) is 25.7 Å². The number of carboxylic acid groups (broad SMARTS) is 2. The van der Waals surface area contributed by atoms with Crippen LogP contribution in [0, 0.1) is 0 Å². The molecule has 0 bridgehead atoms. The third-order valence-electron chi connectivity index (χ3n) is 3.33. The van der Waals surface area contributed by atoms with Gasteiger partial charge in [-0.2, -0.15) is 4.37 Å². The second-order valence-corrected chi connectivity index (χ2v) is 5.95. The summed E-state index contributed by atoms with van der Waals surface area (Å²) >= 11 is 1.23. The summed E-state index contributed by atoms with van der Waals surface area (Å²) < 4.78 is 14.4. The van der Waals surface area contributed by atoms with Crippen molar-refractivity contribution in [2.24, 2.45) is 0 Å². The molecule has 25 heavy (non-hydrogen) atoms. The van der Waals surface area contributed by atoms with Gasteiger partial charge < -0.3 is 19.8 Å². The van der Waals surface area contributed by atoms with E-state index in [0.29, 0.717) is 12.5 Å². The molecule has 0 atom stereocenters. The topological polar surface area (TPSA) is 113 Å². The van der Waals surface area contributed by atoms with Crippen LogP contribution in [0.25, 0.3) is 5.57 Å². The quantitative estimate of drug-likeness (QED) is 0.427. The molecule has 1 aromatic rings. The zero-order valence-corrected chi connectivity index (χ0v) is 15.0. The van der Waals surface area contributed by atoms with Gasteiger partial charge in [-0.15, -0.1) is 11.0 Å². The Morgan fingerprint density at radius 2 is 2.08 bits per heavy atom. The highest BCUT2D eigenvalue weighted by atomic mass is 32.1. The van der Waals surface area contributed by atoms with Crippen LogP contribution < -0.4 is 4.74 Å². The Labute approximate surface area is 150 Å². The van der Waals surface area contributed by atoms with E-state index in [1.807, 2.05) is 6.08 Å². The van der Waals surface area contributed by atoms with Gasteiger partial charge >= 0.3 is 11.9 Å². The molecule has 2 N–H and O–H groups in total. The highest BCUT2D eigenvalue weighted by Crippen LogP contribution is 2.27. The minimum Gasteiger partial charge on any atom is -0.475 e. The lowest BCUT2D eigenvalue weighted by Gasteiger charge is -2.22. The lowest BCUT2D eigenvalue weighted by molar-refractivity contribution is -0.159. The number of rotatable bonds is 7. The molecule has 8 nitrogen and oxygen atoms in total. The first-order valence-electron chi connectivity index (χ1n) is 7.86. The highest BCUT2D eigenvalue weighted by molar-refractivity contribution is 6.99. The summed E-state index contributed by atoms with van der Waals surface area (Å²) in [6, 6.07) is 0. The predicted octanol–water partition coefficient (Wildman–Crippen LogP) is 2.15. The fourth-order valence-electron chi connectivity index (χ4n) is 2.10. The number of carbonyl (C=O) groups is 2. The van der Waals surface area contributed by atoms with E-state index >= 15 is 0 Å². The molecule has 9 heteroatoms. The van der Waals surface area contributed by atoms with Crippen molar-refractivity contribution < 1.29 is 24.5 Å². The van der Waals surface area contributed by atoms with E-state index in [1.165, 1.54) is 17.3 Å². The summed E-state index contributed by atoms with van der Waals surface area (Å²) in [7, 11) is 2.13. The molecule has 0 saturated heterocycles. The van der Waals surface area contributed by atoms with Crippen LogP contribution in [0.4, 0.5) is 0 Å². The second kappa shape index (κ2) is 11.3. The average Bonchev–Trinajstić information content (AvgIpc) is 3.03. The Balaban J connectivity index is 0.000000450. The van der Waals surface area contributed by atoms with Crippen molar-refractivity contribution in [2.75, 3.05) is 26.7 Å². The van der Waals surface area contributed by atoms with Crippen LogP contribution in [-0.2, 0) is 9.59 Å². The van der Waals surface area contributed by atoms with Gasteiger partial charge in [-0.25, -0.2) is 9.59 Å². The molecular formula is C16H23N3O5S. The number of hydrogen-bond donors (Lipinski definition) is 2. The van der Waals surface area contributed by atoms with E-state index in [1.54, 1.807) is 0 Å². The molecule has 1 aromatic heterocycles. The number of allylic oxidation sites excluding steroid dienone is 1. The van der Waals surface area contributed by atoms with Gasteiger partial charge in [0.15, 0.2) is 0 Å². The van der Waals surface area contributed by atoms with E-state index in [9.17, 15) is 0 Å². The molecule has 1 aliphatic rings. The number of likely N-dealkylation sites (N-methyl/N-ethyl adjacent to an activating group) is 1. The van der Waals surface area contributed by atoms with Crippen LogP contribution in [0.2, 0.25) is 0 Å². The number of nitrogens with zero attached hydrogens (tertiary/aromatic N) is 3. The maximum atomic E-state index is 9.10. The summed E-state index contributed by atoms with van der Waals surface area (Å²) in [6.45, 7) is 6.46. The van der Waals surface area contributed by atoms with Crippen molar-refractivity contribution in [1.82, 2.24) is 13.6 Å². The fraction of sp³-hybridized carbons (Fsp3) is 0.500. The minimum atomic E-state index is -1.82. The molecular weight excluding hydrogens is 346 g/mol. The number of ether oxygens (including phenoxy) is 1. The first kappa shape index (κ1) is 20.8. The first-order valence-corrected chi connectivity index (χ1v) is 8.59. The monoisotopic (exact) mass is 369 g/mol. The van der Waals surface area contributed by atoms with Crippen LogP contribution in [0.5, 0.6) is 5.88 Å². The van der Waals surface area contributed by atoms with Gasteiger partial charge in [0.1, 0.15) is 5.69 Å². The fourth-order valence-corrected chi connectivity index (χ4v) is 2.63. The van der Waals surface area contributed by atoms with Gasteiger partial charge in [0.2, 0.25) is 0 Å². The molecule has 0 radical (unpaired) electrons. The Hall–Kier alpha value is -2.26. The lowest BCUT2D eigenvalue weighted by Crippen LogP contribution is -2.25. The zero-order valence-electron chi connectivity index (χ0n) is 14.2. The molecule has 0 fully saturated rings. The van der Waals surface area contributed by atoms with Crippen molar-refractivity contribution in [3.63, 3.8) is 0 Å². The molecule has 0 saturated carbocycles. The molecule has 2 rings (SSSR count). The van der Waals surface area contributed by atoms with E-state index in [-0.39, 0.29) is 0 Å². The molecule has 1 aliphatic heterocycles. The van der Waals surface area contributed by atoms with Gasteiger partial charge in [0.05, 0.1) is 18.3 Å². The van der Waals surface area contributed by atoms with Gasteiger partial charge in [-0.3, -0.25) is 0 Å². The standard InChI is InChI=1S/C14H21N3OS.C2H2O4/c1-3-4-5-6-10-18-14-13(15-19-16-14)12-8-7-9-17(2)11-12;3-1(4)2(5)6/h3,8H,1,4-7,9-11H2,2H3;(H,3,4)(H,5,6). The minimum absolute atomic E-state index is 0.699. The molecule has 2 heterocycles. The van der Waals surface area contributed by atoms with Gasteiger partial charge in [-0.05, 0) is 38.3 Å². The highest BCUT2D eigenvalue weighted by Gasteiger charge is 2.18. The van der Waals surface area contributed by atoms with E-state index < -0.39 is 11.9 Å². The number of carboxylic acids is 2. The van der Waals surface area contributed by atoms with Crippen LogP contribution in [0.3, 0.4) is 0 Å². The Morgan fingerprint density at radius 1 is 1.36 bits per heavy atom. The van der Waals surface area contributed by atoms with Crippen molar-refractivity contribution in [3.05, 3.63) is 24.4 Å². The Kier molecular flexibility index (Phi) is 9.41. The molecule has 138 valence electrons. The third-order valence-corrected chi connectivity index (χ3v) is 3.84. The summed E-state index contributed by atoms with van der Waals surface area (Å²) in [5, 5.41) is 14.8. The Bertz CT molecular complexity index is 603. The SMILES string of the molecule is C=CCCCCOc1nsnc1C1=CCCN(C)C1.O=C(O)C(=O)O. The van der Waals surface area contributed by atoms with Crippen LogP contribution in [0.15, 0.2) is 18.7 Å². The predicted molar refractivity (Wildman–Crippen MR) is 94.8 cm³/mol. The summed E-state index contributed by atoms with van der Waals surface area (Å²) in [6.07, 6.45) is 8.45. The van der Waals surface area contributed by atoms with E-state index in [0.717, 1.165) is 44.5 Å². The third kappa shape index (κ3) is 7.90. The summed E-state index contributed by atoms with van der Waals surface area (Å²) in [5.41, 5.74) is 2.17. The zero-order chi connectivity index (χ0) is 18.7.